The first kappa shape index (κ1) is 18.8. The van der Waals surface area contributed by atoms with Gasteiger partial charge in [0, 0.05) is 11.3 Å². The molecule has 1 aliphatic heterocycles. The first-order valence-electron chi connectivity index (χ1n) is 10.5. The van der Waals surface area contributed by atoms with E-state index in [4.69, 9.17) is 4.74 Å². The minimum absolute atomic E-state index is 0.399. The standard InChI is InChI=1S/C27H17N5O/c28-18-24-27(29-30-32(24)21-8-2-1-3-9-21)19-14-16-20(17-15-19)31-22-10-4-6-12-25(22)33-26-13-7-5-11-23(26)31/h1-17H. The molecule has 1 aliphatic rings. The van der Waals surface area contributed by atoms with Gasteiger partial charge in [0.2, 0.25) is 0 Å². The second-order valence-electron chi connectivity index (χ2n) is 7.57. The Morgan fingerprint density at radius 2 is 1.27 bits per heavy atom. The molecule has 1 aromatic heterocycles. The lowest BCUT2D eigenvalue weighted by Crippen LogP contribution is -2.15. The predicted octanol–water partition coefficient (Wildman–Crippen LogP) is 6.38. The largest absolute Gasteiger partial charge is 0.453 e. The maximum absolute atomic E-state index is 9.81. The van der Waals surface area contributed by atoms with Crippen molar-refractivity contribution in [3.8, 4) is 34.5 Å². The fourth-order valence-corrected chi connectivity index (χ4v) is 4.08. The number of fused-ring (bicyclic) bond motifs is 2. The lowest BCUT2D eigenvalue weighted by atomic mass is 10.1. The first-order chi connectivity index (χ1) is 16.3. The monoisotopic (exact) mass is 427 g/mol. The molecule has 6 rings (SSSR count). The van der Waals surface area contributed by atoms with E-state index < -0.39 is 0 Å². The van der Waals surface area contributed by atoms with Crippen LogP contribution in [-0.4, -0.2) is 15.0 Å². The summed E-state index contributed by atoms with van der Waals surface area (Å²) in [5.74, 6) is 1.61. The quantitative estimate of drug-likeness (QED) is 0.328. The van der Waals surface area contributed by atoms with Crippen LogP contribution < -0.4 is 9.64 Å². The number of nitrogens with zero attached hydrogens (tertiary/aromatic N) is 5. The Morgan fingerprint density at radius 3 is 1.91 bits per heavy atom. The van der Waals surface area contributed by atoms with Crippen LogP contribution in [0.5, 0.6) is 11.5 Å². The molecule has 0 atom stereocenters. The van der Waals surface area contributed by atoms with Crippen LogP contribution >= 0.6 is 0 Å². The van der Waals surface area contributed by atoms with E-state index in [1.54, 1.807) is 4.68 Å². The number of anilines is 3. The van der Waals surface area contributed by atoms with Crippen molar-refractivity contribution in [3.05, 3.63) is 109 Å². The molecule has 33 heavy (non-hydrogen) atoms. The van der Waals surface area contributed by atoms with Gasteiger partial charge in [-0.15, -0.1) is 5.10 Å². The van der Waals surface area contributed by atoms with Crippen LogP contribution in [0.15, 0.2) is 103 Å². The molecule has 6 nitrogen and oxygen atoms in total. The minimum atomic E-state index is 0.399. The van der Waals surface area contributed by atoms with E-state index >= 15 is 0 Å². The van der Waals surface area contributed by atoms with E-state index in [0.29, 0.717) is 11.4 Å². The number of aromatic nitrogens is 3. The minimum Gasteiger partial charge on any atom is -0.453 e. The zero-order chi connectivity index (χ0) is 22.2. The van der Waals surface area contributed by atoms with E-state index in [9.17, 15) is 5.26 Å². The summed E-state index contributed by atoms with van der Waals surface area (Å²) in [5.41, 5.74) is 5.49. The summed E-state index contributed by atoms with van der Waals surface area (Å²) >= 11 is 0. The highest BCUT2D eigenvalue weighted by molar-refractivity contribution is 5.86. The van der Waals surface area contributed by atoms with Crippen LogP contribution in [0.25, 0.3) is 16.9 Å². The van der Waals surface area contributed by atoms with Gasteiger partial charge in [0.05, 0.1) is 17.1 Å². The topological polar surface area (TPSA) is 67.0 Å². The molecule has 0 spiro atoms. The number of nitriles is 1. The van der Waals surface area contributed by atoms with Gasteiger partial charge >= 0.3 is 0 Å². The summed E-state index contributed by atoms with van der Waals surface area (Å²) in [6, 6.07) is 35.7. The van der Waals surface area contributed by atoms with Crippen LogP contribution in [-0.2, 0) is 0 Å². The maximum Gasteiger partial charge on any atom is 0.172 e. The van der Waals surface area contributed by atoms with Gasteiger partial charge in [0.15, 0.2) is 17.2 Å². The van der Waals surface area contributed by atoms with E-state index in [1.165, 1.54) is 0 Å². The molecule has 0 amide bonds. The average molecular weight is 427 g/mol. The van der Waals surface area contributed by atoms with Gasteiger partial charge in [-0.25, -0.2) is 4.68 Å². The second-order valence-corrected chi connectivity index (χ2v) is 7.57. The number of rotatable bonds is 3. The molecule has 0 N–H and O–H groups in total. The van der Waals surface area contributed by atoms with Gasteiger partial charge in [-0.3, -0.25) is 0 Å². The summed E-state index contributed by atoms with van der Waals surface area (Å²) < 4.78 is 7.67. The zero-order valence-corrected chi connectivity index (χ0v) is 17.5. The van der Waals surface area contributed by atoms with Crippen molar-refractivity contribution in [1.29, 1.82) is 5.26 Å². The molecule has 0 bridgehead atoms. The molecule has 5 aromatic rings. The summed E-state index contributed by atoms with van der Waals surface area (Å²) in [5, 5.41) is 18.3. The predicted molar refractivity (Wildman–Crippen MR) is 126 cm³/mol. The van der Waals surface area contributed by atoms with Crippen molar-refractivity contribution in [2.24, 2.45) is 0 Å². The number of para-hydroxylation sites is 5. The molecular weight excluding hydrogens is 410 g/mol. The summed E-state index contributed by atoms with van der Waals surface area (Å²) in [4.78, 5) is 2.17. The van der Waals surface area contributed by atoms with Crippen LogP contribution in [0, 0.1) is 11.3 Å². The van der Waals surface area contributed by atoms with Crippen molar-refractivity contribution in [2.45, 2.75) is 0 Å². The van der Waals surface area contributed by atoms with Crippen LogP contribution in [0.4, 0.5) is 17.1 Å². The third kappa shape index (κ3) is 3.11. The molecule has 4 aromatic carbocycles. The van der Waals surface area contributed by atoms with Crippen molar-refractivity contribution >= 4 is 17.1 Å². The molecule has 2 heterocycles. The molecule has 0 saturated carbocycles. The smallest absolute Gasteiger partial charge is 0.172 e. The lowest BCUT2D eigenvalue weighted by Gasteiger charge is -2.32. The molecular formula is C27H17N5O. The molecule has 0 unspecified atom stereocenters. The van der Waals surface area contributed by atoms with Gasteiger partial charge in [-0.1, -0.05) is 59.8 Å². The highest BCUT2D eigenvalue weighted by Gasteiger charge is 2.25. The first-order valence-corrected chi connectivity index (χ1v) is 10.5. The zero-order valence-electron chi connectivity index (χ0n) is 17.5. The molecule has 0 fully saturated rings. The third-order valence-electron chi connectivity index (χ3n) is 5.61. The number of hydrogen-bond donors (Lipinski definition) is 0. The highest BCUT2D eigenvalue weighted by atomic mass is 16.5. The SMILES string of the molecule is N#Cc1c(-c2ccc(N3c4ccccc4Oc4ccccc43)cc2)nnn1-c1ccccc1. The van der Waals surface area contributed by atoms with Crippen LogP contribution in [0.2, 0.25) is 0 Å². The molecule has 0 radical (unpaired) electrons. The Kier molecular flexibility index (Phi) is 4.38. The maximum atomic E-state index is 9.81. The van der Waals surface area contributed by atoms with Crippen molar-refractivity contribution < 1.29 is 4.74 Å². The molecule has 0 aliphatic carbocycles. The van der Waals surface area contributed by atoms with Gasteiger partial charge in [0.1, 0.15) is 11.8 Å². The van der Waals surface area contributed by atoms with Crippen molar-refractivity contribution in [1.82, 2.24) is 15.0 Å². The fraction of sp³-hybridized carbons (Fsp3) is 0. The normalized spacial score (nSPS) is 11.8. The number of benzene rings is 4. The Labute approximate surface area is 190 Å². The molecule has 6 heteroatoms. The number of hydrogen-bond acceptors (Lipinski definition) is 5. The van der Waals surface area contributed by atoms with Crippen LogP contribution in [0.1, 0.15) is 5.69 Å². The Bertz CT molecular complexity index is 1450. The van der Waals surface area contributed by atoms with E-state index in [2.05, 4.69) is 21.3 Å². The summed E-state index contributed by atoms with van der Waals surface area (Å²) in [7, 11) is 0. The Morgan fingerprint density at radius 1 is 0.667 bits per heavy atom. The average Bonchev–Trinajstić information content (AvgIpc) is 3.32. The summed E-state index contributed by atoms with van der Waals surface area (Å²) in [6.45, 7) is 0. The third-order valence-corrected chi connectivity index (χ3v) is 5.61. The number of ether oxygens (including phenoxy) is 1. The van der Waals surface area contributed by atoms with Crippen molar-refractivity contribution in [3.63, 3.8) is 0 Å². The summed E-state index contributed by atoms with van der Waals surface area (Å²) in [6.07, 6.45) is 0. The molecule has 156 valence electrons. The van der Waals surface area contributed by atoms with Crippen molar-refractivity contribution in [2.75, 3.05) is 4.90 Å². The van der Waals surface area contributed by atoms with E-state index in [0.717, 1.165) is 39.8 Å². The molecule has 0 saturated heterocycles. The Balaban J connectivity index is 1.42. The highest BCUT2D eigenvalue weighted by Crippen LogP contribution is 2.50. The lowest BCUT2D eigenvalue weighted by molar-refractivity contribution is 0.477. The van der Waals surface area contributed by atoms with E-state index in [1.807, 2.05) is 103 Å². The van der Waals surface area contributed by atoms with Gasteiger partial charge < -0.3 is 9.64 Å². The van der Waals surface area contributed by atoms with Gasteiger partial charge in [0.25, 0.3) is 0 Å². The van der Waals surface area contributed by atoms with Crippen LogP contribution in [0.3, 0.4) is 0 Å². The van der Waals surface area contributed by atoms with Gasteiger partial charge in [-0.05, 0) is 48.5 Å². The van der Waals surface area contributed by atoms with Gasteiger partial charge in [-0.2, -0.15) is 5.26 Å². The fourth-order valence-electron chi connectivity index (χ4n) is 4.08. The Hall–Kier alpha value is -4.89. The second kappa shape index (κ2) is 7.66. The van der Waals surface area contributed by atoms with E-state index in [-0.39, 0.29) is 0 Å².